The largest absolute Gasteiger partial charge is 0.311 e. The fourth-order valence-corrected chi connectivity index (χ4v) is 13.8. The second kappa shape index (κ2) is 16.9. The number of nitrogens with zero attached hydrogens (tertiary/aromatic N) is 2. The van der Waals surface area contributed by atoms with E-state index in [-0.39, 0.29) is 0 Å². The Labute approximate surface area is 435 Å². The fourth-order valence-electron chi connectivity index (χ4n) is 12.5. The van der Waals surface area contributed by atoms with Gasteiger partial charge in [0.25, 0.3) is 0 Å². The minimum atomic E-state index is -0.444. The number of para-hydroxylation sites is 2. The van der Waals surface area contributed by atoms with Crippen LogP contribution in [0.2, 0.25) is 0 Å². The van der Waals surface area contributed by atoms with Crippen molar-refractivity contribution in [2.45, 2.75) is 5.41 Å². The molecule has 13 aromatic rings. The lowest BCUT2D eigenvalue weighted by atomic mass is 9.70. The highest BCUT2D eigenvalue weighted by Gasteiger charge is 2.54. The van der Waals surface area contributed by atoms with Crippen LogP contribution < -0.4 is 4.90 Å². The maximum atomic E-state index is 2.39. The van der Waals surface area contributed by atoms with Crippen molar-refractivity contribution >= 4 is 50.2 Å². The van der Waals surface area contributed by atoms with Gasteiger partial charge in [-0.25, -0.2) is 0 Å². The van der Waals surface area contributed by atoms with E-state index in [0.717, 1.165) is 22.7 Å². The van der Waals surface area contributed by atoms with Crippen LogP contribution in [0.1, 0.15) is 22.3 Å². The molecular weight excluding hydrogens is 913 g/mol. The second-order valence-corrected chi connectivity index (χ2v) is 20.5. The zero-order chi connectivity index (χ0) is 48.7. The Bertz CT molecular complexity index is 4220. The van der Waals surface area contributed by atoms with Crippen molar-refractivity contribution in [3.63, 3.8) is 0 Å². The maximum absolute atomic E-state index is 2.39. The lowest BCUT2D eigenvalue weighted by Gasteiger charge is -2.31. The molecule has 11 aromatic carbocycles. The summed E-state index contributed by atoms with van der Waals surface area (Å²) >= 11 is 1.93. The van der Waals surface area contributed by atoms with E-state index in [0.29, 0.717) is 0 Å². The molecule has 15 rings (SSSR count). The molecule has 0 saturated carbocycles. The first-order chi connectivity index (χ1) is 36.7. The van der Waals surface area contributed by atoms with Crippen LogP contribution in [0.15, 0.2) is 279 Å². The quantitative estimate of drug-likeness (QED) is 0.147. The van der Waals surface area contributed by atoms with Gasteiger partial charge in [0.2, 0.25) is 0 Å². The molecule has 0 atom stereocenters. The van der Waals surface area contributed by atoms with Gasteiger partial charge in [-0.1, -0.05) is 212 Å². The highest BCUT2D eigenvalue weighted by molar-refractivity contribution is 7.19. The summed E-state index contributed by atoms with van der Waals surface area (Å²) in [7, 11) is 0. The van der Waals surface area contributed by atoms with Gasteiger partial charge in [-0.05, 0) is 139 Å². The van der Waals surface area contributed by atoms with Gasteiger partial charge in [0.05, 0.1) is 16.4 Å². The molecule has 3 heteroatoms. The number of anilines is 3. The molecule has 1 spiro atoms. The normalized spacial score (nSPS) is 12.7. The molecule has 0 amide bonds. The third-order valence-corrected chi connectivity index (χ3v) is 16.9. The van der Waals surface area contributed by atoms with Crippen LogP contribution in [0, 0.1) is 0 Å². The van der Waals surface area contributed by atoms with E-state index >= 15 is 0 Å². The fraction of sp³-hybridized carbons (Fsp3) is 0.0141. The summed E-state index contributed by atoms with van der Waals surface area (Å²) in [6.45, 7) is 0. The third-order valence-electron chi connectivity index (χ3n) is 15.6. The van der Waals surface area contributed by atoms with Crippen molar-refractivity contribution in [1.82, 2.24) is 4.57 Å². The summed E-state index contributed by atoms with van der Waals surface area (Å²) in [6, 6.07) is 103. The number of fused-ring (bicyclic) bond motifs is 13. The summed E-state index contributed by atoms with van der Waals surface area (Å²) < 4.78 is 2.38. The molecule has 0 fully saturated rings. The summed E-state index contributed by atoms with van der Waals surface area (Å²) in [6.07, 6.45) is 0. The van der Waals surface area contributed by atoms with Gasteiger partial charge < -0.3 is 9.47 Å². The van der Waals surface area contributed by atoms with Gasteiger partial charge in [-0.3, -0.25) is 0 Å². The van der Waals surface area contributed by atoms with E-state index in [1.807, 2.05) is 11.3 Å². The Morgan fingerprint density at radius 3 is 1.34 bits per heavy atom. The number of thiophene rings is 1. The van der Waals surface area contributed by atoms with Crippen LogP contribution >= 0.6 is 11.3 Å². The first-order valence-electron chi connectivity index (χ1n) is 25.5. The number of benzene rings is 11. The molecule has 2 nitrogen and oxygen atoms in total. The van der Waals surface area contributed by atoms with Gasteiger partial charge in [0.15, 0.2) is 0 Å². The van der Waals surface area contributed by atoms with Gasteiger partial charge in [0.1, 0.15) is 0 Å². The van der Waals surface area contributed by atoms with Gasteiger partial charge in [-0.2, -0.15) is 0 Å². The lowest BCUT2D eigenvalue weighted by Crippen LogP contribution is -2.26. The lowest BCUT2D eigenvalue weighted by molar-refractivity contribution is 0.798. The van der Waals surface area contributed by atoms with E-state index in [1.54, 1.807) is 0 Å². The third kappa shape index (κ3) is 6.37. The minimum absolute atomic E-state index is 0.444. The zero-order valence-corrected chi connectivity index (χ0v) is 41.2. The molecule has 2 aromatic heterocycles. The standard InChI is InChI=1S/C71H46N2S/c1-4-18-47(19-5-1)48-32-39-54(40-33-48)72(55-41-34-49(35-42-55)52-38-45-66-61(46-52)59-26-13-17-31-65(59)73(66)53-22-8-3-9-23-53)56-43-36-51(37-44-56)69-67-60-27-12-16-30-64(60)71(68(67)70(74-69)50-20-6-2-7-21-50)62-28-14-10-24-57(62)58-25-11-15-29-63(58)71/h1-46H. The van der Waals surface area contributed by atoms with Gasteiger partial charge in [0, 0.05) is 48.8 Å². The van der Waals surface area contributed by atoms with Crippen LogP contribution in [-0.4, -0.2) is 4.57 Å². The van der Waals surface area contributed by atoms with Crippen molar-refractivity contribution < 1.29 is 0 Å². The molecule has 74 heavy (non-hydrogen) atoms. The average molecular weight is 959 g/mol. The van der Waals surface area contributed by atoms with E-state index < -0.39 is 5.41 Å². The molecule has 0 aliphatic heterocycles. The van der Waals surface area contributed by atoms with Gasteiger partial charge in [-0.15, -0.1) is 11.3 Å². The summed E-state index contributed by atoms with van der Waals surface area (Å²) in [5.41, 5.74) is 24.4. The Morgan fingerprint density at radius 1 is 0.311 bits per heavy atom. The number of rotatable bonds is 8. The molecule has 0 radical (unpaired) electrons. The Kier molecular flexibility index (Phi) is 9.70. The van der Waals surface area contributed by atoms with Crippen molar-refractivity contribution in [2.75, 3.05) is 4.90 Å². The van der Waals surface area contributed by atoms with Crippen LogP contribution in [0.5, 0.6) is 0 Å². The van der Waals surface area contributed by atoms with E-state index in [4.69, 9.17) is 0 Å². The van der Waals surface area contributed by atoms with Crippen LogP contribution in [0.25, 0.3) is 92.9 Å². The highest BCUT2D eigenvalue weighted by atomic mass is 32.1. The molecule has 0 bridgehead atoms. The molecule has 0 N–H and O–H groups in total. The van der Waals surface area contributed by atoms with Crippen LogP contribution in [-0.2, 0) is 5.41 Å². The van der Waals surface area contributed by atoms with E-state index in [2.05, 4.69) is 289 Å². The Balaban J connectivity index is 0.861. The molecule has 2 heterocycles. The van der Waals surface area contributed by atoms with Gasteiger partial charge >= 0.3 is 0 Å². The van der Waals surface area contributed by atoms with E-state index in [9.17, 15) is 0 Å². The minimum Gasteiger partial charge on any atom is -0.311 e. The number of hydrogen-bond donors (Lipinski definition) is 0. The Hall–Kier alpha value is -9.28. The topological polar surface area (TPSA) is 8.17 Å². The number of hydrogen-bond acceptors (Lipinski definition) is 2. The first-order valence-corrected chi connectivity index (χ1v) is 26.3. The molecule has 0 saturated heterocycles. The molecule has 2 aliphatic rings. The van der Waals surface area contributed by atoms with Crippen molar-refractivity contribution in [1.29, 1.82) is 0 Å². The van der Waals surface area contributed by atoms with Crippen LogP contribution in [0.3, 0.4) is 0 Å². The molecular formula is C71H46N2S. The zero-order valence-electron chi connectivity index (χ0n) is 40.4. The molecule has 0 unspecified atom stereocenters. The number of aromatic nitrogens is 1. The summed E-state index contributed by atoms with van der Waals surface area (Å²) in [5, 5.41) is 2.50. The predicted molar refractivity (Wildman–Crippen MR) is 311 cm³/mol. The monoisotopic (exact) mass is 958 g/mol. The SMILES string of the molecule is c1ccc(-c2ccc(N(c3ccc(-c4ccc5c(c4)c4ccccc4n5-c4ccccc4)cc3)c3ccc(-c4sc(-c5ccccc5)c5c4-c4ccccc4C54c5ccccc5-c5ccccc54)cc3)cc2)cc1. The summed E-state index contributed by atoms with van der Waals surface area (Å²) in [5.74, 6) is 0. The highest BCUT2D eigenvalue weighted by Crippen LogP contribution is 2.68. The molecule has 346 valence electrons. The average Bonchev–Trinajstić information content (AvgIpc) is 4.36. The van der Waals surface area contributed by atoms with Crippen LogP contribution in [0.4, 0.5) is 17.1 Å². The molecule has 2 aliphatic carbocycles. The second-order valence-electron chi connectivity index (χ2n) is 19.5. The van der Waals surface area contributed by atoms with Crippen molar-refractivity contribution in [3.05, 3.63) is 301 Å². The van der Waals surface area contributed by atoms with Crippen molar-refractivity contribution in [2.24, 2.45) is 0 Å². The first kappa shape index (κ1) is 42.4. The Morgan fingerprint density at radius 2 is 0.730 bits per heavy atom. The summed E-state index contributed by atoms with van der Waals surface area (Å²) in [4.78, 5) is 5.01. The van der Waals surface area contributed by atoms with E-state index in [1.165, 1.54) is 109 Å². The smallest absolute Gasteiger partial charge is 0.0740 e. The maximum Gasteiger partial charge on any atom is 0.0740 e. The predicted octanol–water partition coefficient (Wildman–Crippen LogP) is 19.3. The van der Waals surface area contributed by atoms with Crippen molar-refractivity contribution in [3.8, 4) is 71.1 Å².